The molecule has 4 aromatic heterocycles. The lowest BCUT2D eigenvalue weighted by Gasteiger charge is -1.98. The van der Waals surface area contributed by atoms with Crippen molar-refractivity contribution in [2.45, 2.75) is 0 Å². The van der Waals surface area contributed by atoms with Crippen molar-refractivity contribution in [1.82, 2.24) is 18.3 Å². The zero-order chi connectivity index (χ0) is 42.8. The Labute approximate surface area is 369 Å². The van der Waals surface area contributed by atoms with Gasteiger partial charge >= 0.3 is 0 Å². The summed E-state index contributed by atoms with van der Waals surface area (Å²) in [5, 5.41) is 9.32. The summed E-state index contributed by atoms with van der Waals surface area (Å²) in [6.45, 7) is 0. The van der Waals surface area contributed by atoms with Crippen LogP contribution >= 0.6 is 0 Å². The van der Waals surface area contributed by atoms with E-state index in [4.69, 9.17) is 0 Å². The van der Waals surface area contributed by atoms with Crippen LogP contribution in [0.15, 0.2) is 146 Å². The maximum absolute atomic E-state index is 3.49. The van der Waals surface area contributed by atoms with Gasteiger partial charge in [0, 0.05) is 160 Å². The second-order valence-electron chi connectivity index (χ2n) is 17.1. The van der Waals surface area contributed by atoms with Crippen molar-refractivity contribution in [3.8, 4) is 47.4 Å². The van der Waals surface area contributed by atoms with Crippen molar-refractivity contribution in [1.29, 1.82) is 0 Å². The molecule has 1 aliphatic rings. The van der Waals surface area contributed by atoms with Gasteiger partial charge < -0.3 is 18.3 Å². The highest BCUT2D eigenvalue weighted by molar-refractivity contribution is 6.12. The lowest BCUT2D eigenvalue weighted by molar-refractivity contribution is 1.01. The highest BCUT2D eigenvalue weighted by Crippen LogP contribution is 2.34. The maximum Gasteiger partial charge on any atom is 0.0489 e. The predicted molar refractivity (Wildman–Crippen MR) is 266 cm³/mol. The van der Waals surface area contributed by atoms with E-state index in [1.54, 1.807) is 0 Å². The molecule has 0 N–H and O–H groups in total. The highest BCUT2D eigenvalue weighted by atomic mass is 14.9. The molecule has 13 rings (SSSR count). The molecule has 4 heterocycles. The van der Waals surface area contributed by atoms with E-state index >= 15 is 0 Å². The van der Waals surface area contributed by atoms with Crippen LogP contribution in [-0.2, 0) is 28.2 Å². The van der Waals surface area contributed by atoms with Gasteiger partial charge in [0.1, 0.15) is 0 Å². The quantitative estimate of drug-likeness (QED) is 0.136. The molecule has 64 heavy (non-hydrogen) atoms. The number of rotatable bonds is 0. The molecule has 12 aromatic rings. The molecule has 0 radical (unpaired) electrons. The van der Waals surface area contributed by atoms with E-state index in [1.165, 1.54) is 0 Å². The van der Waals surface area contributed by atoms with E-state index in [2.05, 4.69) is 239 Å². The molecule has 0 unspecified atom stereocenters. The van der Waals surface area contributed by atoms with Crippen molar-refractivity contribution in [3.63, 3.8) is 0 Å². The minimum Gasteiger partial charge on any atom is -0.344 e. The molecule has 0 aliphatic heterocycles. The van der Waals surface area contributed by atoms with Gasteiger partial charge in [0.15, 0.2) is 0 Å². The third-order valence-electron chi connectivity index (χ3n) is 13.4. The minimum absolute atomic E-state index is 0.970. The van der Waals surface area contributed by atoms with E-state index in [0.29, 0.717) is 0 Å². The van der Waals surface area contributed by atoms with E-state index in [1.807, 2.05) is 0 Å². The van der Waals surface area contributed by atoms with E-state index in [0.717, 1.165) is 132 Å². The predicted octanol–water partition coefficient (Wildman–Crippen LogP) is 12.2. The van der Waals surface area contributed by atoms with Crippen LogP contribution in [0.5, 0.6) is 0 Å². The third-order valence-corrected chi connectivity index (χ3v) is 13.4. The second-order valence-corrected chi connectivity index (χ2v) is 17.1. The molecule has 0 saturated heterocycles. The zero-order valence-electron chi connectivity index (χ0n) is 35.6. The summed E-state index contributed by atoms with van der Waals surface area (Å²) in [5.74, 6) is 28.0. The molecular formula is C60H36N4. The SMILES string of the molecule is Cn1c2ccc3cc2c2cc(ccc21)C#Cc1ccc2c(c1)c1cc(ccc1n2C)C#Cc1ccc2c(c1)c1cc(ccc1n2C)C#Cc1ccc2c(c1)c1cc(ccc1n2C)C#C3. The number of fused-ring (bicyclic) bond motifs is 8. The standard InChI is InChI=1S/C60H36N4/c1-61-53-21-13-37-5-7-39-15-23-55-47(31-39)49-33-41(17-25-57(49)62(55)2)9-11-43-19-27-59-51(35-43)52-36-44(20-28-60(52)64(59)4)12-10-42-18-26-58-50(34-42)48-32-40(16-24-56(48)63(58)3)8-6-38-14-22-54(61)46(30-38)45(53)29-37/h13-36H,1-4H3. The number of benzene rings is 8. The summed E-state index contributed by atoms with van der Waals surface area (Å²) in [5.41, 5.74) is 17.1. The van der Waals surface area contributed by atoms with Gasteiger partial charge in [0.2, 0.25) is 0 Å². The lowest BCUT2D eigenvalue weighted by atomic mass is 10.0. The Hall–Kier alpha value is -8.80. The molecule has 16 bridgehead atoms. The van der Waals surface area contributed by atoms with Crippen LogP contribution in [-0.4, -0.2) is 18.3 Å². The number of aromatic nitrogens is 4. The lowest BCUT2D eigenvalue weighted by Crippen LogP contribution is -1.87. The number of aryl methyl sites for hydroxylation is 4. The molecule has 0 saturated carbocycles. The second kappa shape index (κ2) is 13.3. The molecule has 0 amide bonds. The Kier molecular flexibility index (Phi) is 7.49. The Morgan fingerprint density at radius 1 is 0.203 bits per heavy atom. The molecule has 1 aliphatic carbocycles. The monoisotopic (exact) mass is 812 g/mol. The summed E-state index contributed by atoms with van der Waals surface area (Å²) >= 11 is 0. The molecule has 0 spiro atoms. The van der Waals surface area contributed by atoms with Crippen LogP contribution in [0.3, 0.4) is 0 Å². The van der Waals surface area contributed by atoms with Crippen molar-refractivity contribution in [2.24, 2.45) is 28.2 Å². The van der Waals surface area contributed by atoms with Gasteiger partial charge in [-0.1, -0.05) is 47.4 Å². The van der Waals surface area contributed by atoms with Crippen LogP contribution in [0, 0.1) is 47.4 Å². The Morgan fingerprint density at radius 3 is 0.453 bits per heavy atom. The van der Waals surface area contributed by atoms with Crippen molar-refractivity contribution in [2.75, 3.05) is 0 Å². The maximum atomic E-state index is 3.49. The molecule has 4 heteroatoms. The number of hydrogen-bond donors (Lipinski definition) is 0. The minimum atomic E-state index is 0.970. The van der Waals surface area contributed by atoms with E-state index < -0.39 is 0 Å². The van der Waals surface area contributed by atoms with Gasteiger partial charge in [-0.15, -0.1) is 0 Å². The molecule has 0 fully saturated rings. The number of hydrogen-bond acceptors (Lipinski definition) is 0. The van der Waals surface area contributed by atoms with Gasteiger partial charge in [-0.25, -0.2) is 0 Å². The molecule has 8 aromatic carbocycles. The fourth-order valence-corrected chi connectivity index (χ4v) is 10.1. The first kappa shape index (κ1) is 35.9. The van der Waals surface area contributed by atoms with Gasteiger partial charge in [-0.05, 0) is 146 Å². The summed E-state index contributed by atoms with van der Waals surface area (Å²) in [6.07, 6.45) is 0. The zero-order valence-corrected chi connectivity index (χ0v) is 35.6. The van der Waals surface area contributed by atoms with Crippen molar-refractivity contribution >= 4 is 87.2 Å². The molecule has 0 atom stereocenters. The van der Waals surface area contributed by atoms with Gasteiger partial charge in [0.05, 0.1) is 0 Å². The van der Waals surface area contributed by atoms with Gasteiger partial charge in [-0.3, -0.25) is 0 Å². The summed E-state index contributed by atoms with van der Waals surface area (Å²) in [7, 11) is 8.50. The van der Waals surface area contributed by atoms with Crippen molar-refractivity contribution in [3.05, 3.63) is 190 Å². The Bertz CT molecular complexity index is 3550. The van der Waals surface area contributed by atoms with Crippen LogP contribution in [0.4, 0.5) is 0 Å². The summed E-state index contributed by atoms with van der Waals surface area (Å²) in [4.78, 5) is 0. The first-order chi connectivity index (χ1) is 31.3. The largest absolute Gasteiger partial charge is 0.344 e. The summed E-state index contributed by atoms with van der Waals surface area (Å²) in [6, 6.07) is 52.1. The van der Waals surface area contributed by atoms with Crippen molar-refractivity contribution < 1.29 is 0 Å². The van der Waals surface area contributed by atoms with Gasteiger partial charge in [-0.2, -0.15) is 0 Å². The van der Waals surface area contributed by atoms with Crippen LogP contribution in [0.1, 0.15) is 44.5 Å². The van der Waals surface area contributed by atoms with E-state index in [-0.39, 0.29) is 0 Å². The van der Waals surface area contributed by atoms with Crippen LogP contribution in [0.2, 0.25) is 0 Å². The Balaban J connectivity index is 1.01. The average molecular weight is 813 g/mol. The van der Waals surface area contributed by atoms with Crippen LogP contribution < -0.4 is 0 Å². The number of nitrogens with zero attached hydrogens (tertiary/aromatic N) is 4. The average Bonchev–Trinajstić information content (AvgIpc) is 3.98. The topological polar surface area (TPSA) is 19.7 Å². The Morgan fingerprint density at radius 2 is 0.328 bits per heavy atom. The normalized spacial score (nSPS) is 12.1. The van der Waals surface area contributed by atoms with Gasteiger partial charge in [0.25, 0.3) is 0 Å². The summed E-state index contributed by atoms with van der Waals surface area (Å²) < 4.78 is 9.01. The first-order valence-electron chi connectivity index (χ1n) is 21.5. The molecular weight excluding hydrogens is 777 g/mol. The fraction of sp³-hybridized carbons (Fsp3) is 0.0667. The van der Waals surface area contributed by atoms with Crippen LogP contribution in [0.25, 0.3) is 87.2 Å². The fourth-order valence-electron chi connectivity index (χ4n) is 10.1. The first-order valence-corrected chi connectivity index (χ1v) is 21.5. The third kappa shape index (κ3) is 5.44. The molecule has 4 nitrogen and oxygen atoms in total. The smallest absolute Gasteiger partial charge is 0.0489 e. The highest BCUT2D eigenvalue weighted by Gasteiger charge is 2.14. The molecule has 296 valence electrons. The van der Waals surface area contributed by atoms with E-state index in [9.17, 15) is 0 Å².